The molecule has 0 bridgehead atoms. The van der Waals surface area contributed by atoms with E-state index in [9.17, 15) is 30.7 Å². The van der Waals surface area contributed by atoms with Crippen LogP contribution in [0.5, 0.6) is 0 Å². The lowest BCUT2D eigenvalue weighted by Gasteiger charge is -2.31. The van der Waals surface area contributed by atoms with E-state index in [1.165, 1.54) is 0 Å². The van der Waals surface area contributed by atoms with Gasteiger partial charge in [-0.15, -0.1) is 0 Å². The van der Waals surface area contributed by atoms with Crippen molar-refractivity contribution in [3.05, 3.63) is 0 Å². The molecular weight excluding hydrogens is 299 g/mol. The molecule has 0 fully saturated rings. The third-order valence-electron chi connectivity index (χ3n) is 1.24. The number of halogens is 10. The van der Waals surface area contributed by atoms with Crippen molar-refractivity contribution in [2.24, 2.45) is 0 Å². The lowest BCUT2D eigenvalue weighted by Crippen LogP contribution is -2.52. The van der Waals surface area contributed by atoms with Gasteiger partial charge in [-0.1, -0.05) is 23.2 Å². The normalized spacial score (nSPS) is 15.6. The molecule has 0 unspecified atom stereocenters. The summed E-state index contributed by atoms with van der Waals surface area (Å²) >= 11 is 13.2. The van der Waals surface area contributed by atoms with Gasteiger partial charge in [-0.25, -0.2) is 0 Å². The van der Waals surface area contributed by atoms with Gasteiger partial charge in [-0.05, 0) is 11.6 Å². The SMILES string of the molecule is FC(F)(Cl)CC(Cl)(Cl)C(F)(F)C(F)(F)F. The highest BCUT2D eigenvalue weighted by molar-refractivity contribution is 6.49. The van der Waals surface area contributed by atoms with Crippen molar-refractivity contribution in [3.8, 4) is 0 Å². The molecule has 10 heteroatoms. The fraction of sp³-hybridized carbons (Fsp3) is 1.00. The summed E-state index contributed by atoms with van der Waals surface area (Å²) in [5.41, 5.74) is 0. The first kappa shape index (κ1) is 15.4. The third-order valence-corrected chi connectivity index (χ3v) is 2.11. The molecule has 0 aromatic rings. The molecule has 0 aliphatic rings. The second kappa shape index (κ2) is 4.00. The van der Waals surface area contributed by atoms with Crippen LogP contribution < -0.4 is 0 Å². The molecule has 0 aliphatic carbocycles. The summed E-state index contributed by atoms with van der Waals surface area (Å²) in [5.74, 6) is -5.69. The minimum Gasteiger partial charge on any atom is -0.193 e. The summed E-state index contributed by atoms with van der Waals surface area (Å²) in [4.78, 5) is 0. The van der Waals surface area contributed by atoms with Crippen molar-refractivity contribution in [3.63, 3.8) is 0 Å². The summed E-state index contributed by atoms with van der Waals surface area (Å²) in [7, 11) is 0. The molecule has 0 amide bonds. The molecule has 0 N–H and O–H groups in total. The van der Waals surface area contributed by atoms with Crippen LogP contribution in [0.1, 0.15) is 6.42 Å². The maximum atomic E-state index is 12.5. The second-order valence-electron chi connectivity index (χ2n) is 2.57. The average Bonchev–Trinajstić information content (AvgIpc) is 1.77. The molecule has 0 rings (SSSR count). The van der Waals surface area contributed by atoms with Crippen LogP contribution in [-0.4, -0.2) is 21.8 Å². The molecule has 0 nitrogen and oxygen atoms in total. The molecule has 0 saturated carbocycles. The van der Waals surface area contributed by atoms with Gasteiger partial charge in [-0.3, -0.25) is 0 Å². The van der Waals surface area contributed by atoms with Crippen LogP contribution in [-0.2, 0) is 0 Å². The Morgan fingerprint density at radius 1 is 0.733 bits per heavy atom. The quantitative estimate of drug-likeness (QED) is 0.529. The van der Waals surface area contributed by atoms with Gasteiger partial charge in [-0.2, -0.15) is 30.7 Å². The molecule has 0 aromatic carbocycles. The van der Waals surface area contributed by atoms with E-state index in [1.54, 1.807) is 0 Å². The van der Waals surface area contributed by atoms with Gasteiger partial charge in [0, 0.05) is 0 Å². The van der Waals surface area contributed by atoms with Gasteiger partial charge in [0.05, 0.1) is 6.42 Å². The van der Waals surface area contributed by atoms with E-state index in [0.717, 1.165) is 0 Å². The molecule has 0 saturated heterocycles. The summed E-state index contributed by atoms with van der Waals surface area (Å²) in [5, 5.41) is -4.36. The summed E-state index contributed by atoms with van der Waals surface area (Å²) in [6.45, 7) is 0. The molecule has 0 radical (unpaired) electrons. The van der Waals surface area contributed by atoms with E-state index < -0.39 is 28.2 Å². The average molecular weight is 301 g/mol. The van der Waals surface area contributed by atoms with Gasteiger partial charge in [0.25, 0.3) is 0 Å². The topological polar surface area (TPSA) is 0 Å². The Kier molecular flexibility index (Phi) is 4.10. The van der Waals surface area contributed by atoms with Gasteiger partial charge in [0.2, 0.25) is 0 Å². The van der Waals surface area contributed by atoms with E-state index in [0.29, 0.717) is 0 Å². The summed E-state index contributed by atoms with van der Waals surface area (Å²) < 4.78 is 80.0. The van der Waals surface area contributed by atoms with E-state index in [4.69, 9.17) is 0 Å². The van der Waals surface area contributed by atoms with Crippen LogP contribution in [0.3, 0.4) is 0 Å². The predicted octanol–water partition coefficient (Wildman–Crippen LogP) is 4.58. The molecule has 0 aromatic heterocycles. The molecule has 15 heavy (non-hydrogen) atoms. The lowest BCUT2D eigenvalue weighted by molar-refractivity contribution is -0.289. The highest BCUT2D eigenvalue weighted by atomic mass is 35.5. The van der Waals surface area contributed by atoms with Gasteiger partial charge >= 0.3 is 17.5 Å². The van der Waals surface area contributed by atoms with Crippen LogP contribution in [0.15, 0.2) is 0 Å². The van der Waals surface area contributed by atoms with Crippen LogP contribution in [0.4, 0.5) is 30.7 Å². The first-order chi connectivity index (χ1) is 6.21. The van der Waals surface area contributed by atoms with E-state index in [1.807, 2.05) is 0 Å². The Morgan fingerprint density at radius 3 is 1.27 bits per heavy atom. The number of hydrogen-bond donors (Lipinski definition) is 0. The smallest absolute Gasteiger partial charge is 0.193 e. The van der Waals surface area contributed by atoms with E-state index in [2.05, 4.69) is 34.8 Å². The third kappa shape index (κ3) is 3.71. The molecule has 0 aliphatic heterocycles. The maximum Gasteiger partial charge on any atom is 0.456 e. The zero-order valence-corrected chi connectivity index (χ0v) is 8.75. The standard InChI is InChI=1S/C5H2Cl3F7/c6-2(7,1-3(8,9)10)4(11,12)5(13,14)15/h1H2. The van der Waals surface area contributed by atoms with Gasteiger partial charge in [0.15, 0.2) is 4.33 Å². The van der Waals surface area contributed by atoms with Crippen molar-refractivity contribution in [2.45, 2.75) is 28.2 Å². The Balaban J connectivity index is 5.03. The maximum absolute atomic E-state index is 12.5. The zero-order valence-electron chi connectivity index (χ0n) is 6.49. The second-order valence-corrected chi connectivity index (χ2v) is 4.61. The van der Waals surface area contributed by atoms with Gasteiger partial charge in [0.1, 0.15) is 0 Å². The number of alkyl halides is 10. The van der Waals surface area contributed by atoms with E-state index in [-0.39, 0.29) is 0 Å². The Labute approximate surface area is 94.3 Å². The van der Waals surface area contributed by atoms with Gasteiger partial charge < -0.3 is 0 Å². The summed E-state index contributed by atoms with van der Waals surface area (Å²) in [6, 6.07) is 0. The molecule has 0 heterocycles. The predicted molar refractivity (Wildman–Crippen MR) is 40.9 cm³/mol. The first-order valence-corrected chi connectivity index (χ1v) is 4.23. The van der Waals surface area contributed by atoms with Crippen LogP contribution >= 0.6 is 34.8 Å². The van der Waals surface area contributed by atoms with Crippen molar-refractivity contribution < 1.29 is 30.7 Å². The highest BCUT2D eigenvalue weighted by Gasteiger charge is 2.71. The minimum absolute atomic E-state index is 2.24. The number of hydrogen-bond acceptors (Lipinski definition) is 0. The fourth-order valence-electron chi connectivity index (χ4n) is 0.570. The number of rotatable bonds is 3. The molecule has 92 valence electrons. The largest absolute Gasteiger partial charge is 0.456 e. The zero-order chi connectivity index (χ0) is 12.7. The molecule has 0 atom stereocenters. The van der Waals surface area contributed by atoms with Crippen molar-refractivity contribution in [1.82, 2.24) is 0 Å². The minimum atomic E-state index is -6.14. The van der Waals surface area contributed by atoms with Crippen LogP contribution in [0.25, 0.3) is 0 Å². The van der Waals surface area contributed by atoms with E-state index >= 15 is 0 Å². The van der Waals surface area contributed by atoms with Crippen molar-refractivity contribution in [2.75, 3.05) is 0 Å². The Morgan fingerprint density at radius 2 is 1.07 bits per heavy atom. The highest BCUT2D eigenvalue weighted by Crippen LogP contribution is 2.53. The lowest BCUT2D eigenvalue weighted by atomic mass is 10.1. The monoisotopic (exact) mass is 300 g/mol. The summed E-state index contributed by atoms with van der Waals surface area (Å²) in [6.07, 6.45) is -8.38. The van der Waals surface area contributed by atoms with Crippen LogP contribution in [0, 0.1) is 0 Å². The molecular formula is C5H2Cl3F7. The Bertz CT molecular complexity index is 228. The molecule has 0 spiro atoms. The van der Waals surface area contributed by atoms with Crippen molar-refractivity contribution in [1.29, 1.82) is 0 Å². The Hall–Kier alpha value is 0.380. The van der Waals surface area contributed by atoms with Crippen LogP contribution in [0.2, 0.25) is 0 Å². The first-order valence-electron chi connectivity index (χ1n) is 3.10. The van der Waals surface area contributed by atoms with Crippen molar-refractivity contribution >= 4 is 34.8 Å². The fourth-order valence-corrected chi connectivity index (χ4v) is 1.46.